The number of nitrogens with zero attached hydrogens (tertiary/aromatic N) is 3. The van der Waals surface area contributed by atoms with E-state index in [2.05, 4.69) is 20.5 Å². The van der Waals surface area contributed by atoms with Crippen molar-refractivity contribution in [3.8, 4) is 17.0 Å². The second kappa shape index (κ2) is 11.3. The largest absolute Gasteiger partial charge is 0.494 e. The number of carbonyl (C=O) groups is 1. The number of benzene rings is 2. The molecule has 2 heterocycles. The van der Waals surface area contributed by atoms with Gasteiger partial charge in [0.1, 0.15) is 28.2 Å². The van der Waals surface area contributed by atoms with Crippen LogP contribution in [0.15, 0.2) is 48.5 Å². The third-order valence-corrected chi connectivity index (χ3v) is 7.14. The Balaban J connectivity index is 1.83. The third kappa shape index (κ3) is 5.77. The number of aromatic nitrogens is 3. The lowest BCUT2D eigenvalue weighted by molar-refractivity contribution is -0.0833. The summed E-state index contributed by atoms with van der Waals surface area (Å²) in [5.41, 5.74) is -4.63. The van der Waals surface area contributed by atoms with Crippen molar-refractivity contribution >= 4 is 16.8 Å². The fraction of sp³-hybridized carbons (Fsp3) is 0.333. The quantitative estimate of drug-likeness (QED) is 0.241. The normalized spacial score (nSPS) is 13.6. The Kier molecular flexibility index (Phi) is 8.25. The van der Waals surface area contributed by atoms with Crippen LogP contribution in [0.3, 0.4) is 0 Å². The SMILES string of the molecule is COc1cc(C(=O)NCC(CO)(c2cc(C(C)(C)O)c(F)c(-c3ccc(F)cc3)n2)C(C)(F)F)cc2cc(C)nnc12. The summed E-state index contributed by atoms with van der Waals surface area (Å²) in [7, 11) is 1.38. The average Bonchev–Trinajstić information content (AvgIpc) is 2.92. The monoisotopic (exact) mass is 586 g/mol. The fourth-order valence-electron chi connectivity index (χ4n) is 4.61. The molecule has 0 radical (unpaired) electrons. The maximum Gasteiger partial charge on any atom is 0.260 e. The van der Waals surface area contributed by atoms with Crippen LogP contribution in [0.25, 0.3) is 22.2 Å². The number of amides is 1. The molecule has 0 aliphatic carbocycles. The molecule has 3 N–H and O–H groups in total. The van der Waals surface area contributed by atoms with Gasteiger partial charge in [0.05, 0.1) is 30.7 Å². The molecule has 2 aromatic heterocycles. The topological polar surface area (TPSA) is 117 Å². The third-order valence-electron chi connectivity index (χ3n) is 7.14. The van der Waals surface area contributed by atoms with Crippen LogP contribution in [-0.4, -0.2) is 57.5 Å². The summed E-state index contributed by atoms with van der Waals surface area (Å²) in [5, 5.41) is 32.2. The fourth-order valence-corrected chi connectivity index (χ4v) is 4.61. The molecular weight excluding hydrogens is 556 g/mol. The van der Waals surface area contributed by atoms with Gasteiger partial charge in [-0.3, -0.25) is 4.79 Å². The predicted molar refractivity (Wildman–Crippen MR) is 147 cm³/mol. The number of alkyl halides is 2. The second-order valence-electron chi connectivity index (χ2n) is 10.7. The first kappa shape index (κ1) is 30.8. The van der Waals surface area contributed by atoms with Gasteiger partial charge in [0.2, 0.25) is 0 Å². The second-order valence-corrected chi connectivity index (χ2v) is 10.7. The number of pyridine rings is 1. The highest BCUT2D eigenvalue weighted by molar-refractivity contribution is 5.99. The Morgan fingerprint density at radius 1 is 1.02 bits per heavy atom. The van der Waals surface area contributed by atoms with Crippen molar-refractivity contribution in [2.75, 3.05) is 20.3 Å². The summed E-state index contributed by atoms with van der Waals surface area (Å²) in [6.45, 7) is 2.74. The van der Waals surface area contributed by atoms with E-state index in [1.807, 2.05) is 0 Å². The number of carbonyl (C=O) groups excluding carboxylic acids is 1. The van der Waals surface area contributed by atoms with Gasteiger partial charge in [-0.05, 0) is 69.3 Å². The van der Waals surface area contributed by atoms with E-state index < -0.39 is 59.0 Å². The highest BCUT2D eigenvalue weighted by Gasteiger charge is 2.53. The van der Waals surface area contributed by atoms with Gasteiger partial charge in [-0.25, -0.2) is 22.5 Å². The van der Waals surface area contributed by atoms with E-state index >= 15 is 13.2 Å². The number of nitrogens with one attached hydrogen (secondary N) is 1. The van der Waals surface area contributed by atoms with E-state index in [0.717, 1.165) is 18.2 Å². The molecule has 1 unspecified atom stereocenters. The molecule has 8 nitrogen and oxygen atoms in total. The molecule has 1 atom stereocenters. The van der Waals surface area contributed by atoms with Crippen molar-refractivity contribution in [1.82, 2.24) is 20.5 Å². The van der Waals surface area contributed by atoms with Crippen LogP contribution < -0.4 is 10.1 Å². The number of aryl methyl sites for hydroxylation is 1. The molecule has 0 saturated heterocycles. The molecule has 0 aliphatic rings. The molecular formula is C30H30F4N4O4. The van der Waals surface area contributed by atoms with Gasteiger partial charge < -0.3 is 20.3 Å². The van der Waals surface area contributed by atoms with Gasteiger partial charge in [-0.15, -0.1) is 5.10 Å². The molecule has 0 bridgehead atoms. The van der Waals surface area contributed by atoms with Crippen molar-refractivity contribution in [1.29, 1.82) is 0 Å². The zero-order valence-electron chi connectivity index (χ0n) is 23.6. The lowest BCUT2D eigenvalue weighted by Crippen LogP contribution is -2.55. The Labute approximate surface area is 239 Å². The van der Waals surface area contributed by atoms with E-state index in [-0.39, 0.29) is 22.4 Å². The lowest BCUT2D eigenvalue weighted by Gasteiger charge is -2.38. The minimum Gasteiger partial charge on any atom is -0.494 e. The Bertz CT molecular complexity index is 1640. The van der Waals surface area contributed by atoms with Crippen LogP contribution >= 0.6 is 0 Å². The zero-order chi connectivity index (χ0) is 31.0. The first-order valence-electron chi connectivity index (χ1n) is 12.9. The molecule has 2 aromatic carbocycles. The van der Waals surface area contributed by atoms with Crippen LogP contribution in [0.5, 0.6) is 5.75 Å². The number of hydrogen-bond donors (Lipinski definition) is 3. The summed E-state index contributed by atoms with van der Waals surface area (Å²) in [5.74, 6) is -5.87. The highest BCUT2D eigenvalue weighted by Crippen LogP contribution is 2.42. The Morgan fingerprint density at radius 2 is 1.69 bits per heavy atom. The van der Waals surface area contributed by atoms with Crippen LogP contribution in [0, 0.1) is 18.6 Å². The molecule has 0 fully saturated rings. The minimum absolute atomic E-state index is 0.0539. The summed E-state index contributed by atoms with van der Waals surface area (Å²) in [4.78, 5) is 17.4. The standard InChI is InChI=1S/C30H30F4N4O4/c1-16-10-18-11-19(12-22(42-5)25(18)38-37-16)27(40)35-14-30(15-39,29(4,33)34)23-13-21(28(2,3)41)24(32)26(36-23)17-6-8-20(31)9-7-17/h6-13,39,41H,14-15H2,1-5H3,(H,35,40). The number of halogens is 4. The molecule has 222 valence electrons. The van der Waals surface area contributed by atoms with Crippen molar-refractivity contribution in [2.45, 2.75) is 44.6 Å². The van der Waals surface area contributed by atoms with Crippen LogP contribution in [-0.2, 0) is 11.0 Å². The lowest BCUT2D eigenvalue weighted by atomic mass is 9.77. The number of aliphatic hydroxyl groups is 2. The van der Waals surface area contributed by atoms with Crippen molar-refractivity contribution in [3.05, 3.63) is 82.7 Å². The van der Waals surface area contributed by atoms with Gasteiger partial charge >= 0.3 is 0 Å². The number of fused-ring (bicyclic) bond motifs is 1. The number of rotatable bonds is 9. The van der Waals surface area contributed by atoms with Crippen molar-refractivity contribution in [3.63, 3.8) is 0 Å². The number of hydrogen-bond acceptors (Lipinski definition) is 7. The maximum absolute atomic E-state index is 15.6. The molecule has 4 aromatic rings. The molecule has 0 aliphatic heterocycles. The number of aliphatic hydroxyl groups excluding tert-OH is 1. The number of methoxy groups -OCH3 is 1. The van der Waals surface area contributed by atoms with Gasteiger partial charge in [0.15, 0.2) is 5.82 Å². The van der Waals surface area contributed by atoms with Crippen LogP contribution in [0.1, 0.15) is 48.1 Å². The first-order valence-corrected chi connectivity index (χ1v) is 12.9. The van der Waals surface area contributed by atoms with Crippen molar-refractivity contribution < 1.29 is 37.3 Å². The molecule has 12 heteroatoms. The zero-order valence-corrected chi connectivity index (χ0v) is 23.6. The Hall–Kier alpha value is -4.16. The predicted octanol–water partition coefficient (Wildman–Crippen LogP) is 4.83. The van der Waals surface area contributed by atoms with Crippen LogP contribution in [0.4, 0.5) is 17.6 Å². The van der Waals surface area contributed by atoms with E-state index in [1.165, 1.54) is 45.2 Å². The van der Waals surface area contributed by atoms with Crippen LogP contribution in [0.2, 0.25) is 0 Å². The van der Waals surface area contributed by atoms with E-state index in [4.69, 9.17) is 4.74 Å². The molecule has 0 saturated carbocycles. The maximum atomic E-state index is 15.6. The molecule has 0 spiro atoms. The van der Waals surface area contributed by atoms with E-state index in [1.54, 1.807) is 13.0 Å². The smallest absolute Gasteiger partial charge is 0.260 e. The van der Waals surface area contributed by atoms with Gasteiger partial charge in [-0.1, -0.05) is 0 Å². The average molecular weight is 587 g/mol. The summed E-state index contributed by atoms with van der Waals surface area (Å²) in [6.07, 6.45) is 0. The highest BCUT2D eigenvalue weighted by atomic mass is 19.3. The minimum atomic E-state index is -3.72. The van der Waals surface area contributed by atoms with Crippen molar-refractivity contribution in [2.24, 2.45) is 0 Å². The Morgan fingerprint density at radius 3 is 2.26 bits per heavy atom. The molecule has 4 rings (SSSR count). The first-order chi connectivity index (χ1) is 19.6. The summed E-state index contributed by atoms with van der Waals surface area (Å²) in [6, 6.07) is 10.0. The van der Waals surface area contributed by atoms with Gasteiger partial charge in [0, 0.05) is 35.5 Å². The summed E-state index contributed by atoms with van der Waals surface area (Å²) >= 11 is 0. The number of ether oxygens (including phenoxy) is 1. The molecule has 42 heavy (non-hydrogen) atoms. The molecule has 1 amide bonds. The van der Waals surface area contributed by atoms with Gasteiger partial charge in [-0.2, -0.15) is 5.10 Å². The summed E-state index contributed by atoms with van der Waals surface area (Å²) < 4.78 is 65.5. The van der Waals surface area contributed by atoms with E-state index in [9.17, 15) is 19.4 Å². The van der Waals surface area contributed by atoms with E-state index in [0.29, 0.717) is 23.5 Å². The van der Waals surface area contributed by atoms with Gasteiger partial charge in [0.25, 0.3) is 11.8 Å².